The van der Waals surface area contributed by atoms with E-state index in [1.165, 1.54) is 0 Å². The minimum Gasteiger partial charge on any atom is -0.481 e. The van der Waals surface area contributed by atoms with Crippen molar-refractivity contribution in [2.24, 2.45) is 11.8 Å². The van der Waals surface area contributed by atoms with Crippen molar-refractivity contribution in [3.8, 4) is 11.6 Å². The van der Waals surface area contributed by atoms with E-state index in [4.69, 9.17) is 4.42 Å². The molecular weight excluding hydrogens is 360 g/mol. The van der Waals surface area contributed by atoms with Crippen molar-refractivity contribution in [3.63, 3.8) is 0 Å². The molecule has 2 N–H and O–H groups in total. The van der Waals surface area contributed by atoms with Gasteiger partial charge in [0.25, 0.3) is 0 Å². The van der Waals surface area contributed by atoms with Gasteiger partial charge >= 0.3 is 12.0 Å². The van der Waals surface area contributed by atoms with Gasteiger partial charge in [0.05, 0.1) is 5.92 Å². The van der Waals surface area contributed by atoms with Crippen LogP contribution in [0.2, 0.25) is 0 Å². The number of carbonyl (C=O) groups excluding carboxylic acids is 1. The highest BCUT2D eigenvalue weighted by Gasteiger charge is 2.32. The molecule has 2 aromatic heterocycles. The second-order valence-electron chi connectivity index (χ2n) is 7.13. The van der Waals surface area contributed by atoms with Crippen molar-refractivity contribution in [2.75, 3.05) is 18.4 Å². The summed E-state index contributed by atoms with van der Waals surface area (Å²) < 4.78 is 5.77. The Balaban J connectivity index is 1.51. The fourth-order valence-electron chi connectivity index (χ4n) is 3.50. The first-order valence-electron chi connectivity index (χ1n) is 9.10. The van der Waals surface area contributed by atoms with Gasteiger partial charge in [0.2, 0.25) is 5.89 Å². The molecule has 8 heteroatoms. The minimum absolute atomic E-state index is 0.137. The monoisotopic (exact) mass is 380 g/mol. The van der Waals surface area contributed by atoms with Gasteiger partial charge < -0.3 is 19.7 Å². The summed E-state index contributed by atoms with van der Waals surface area (Å²) in [5.74, 6) is -0.854. The number of hydrogen-bond acceptors (Lipinski definition) is 5. The predicted octanol–water partition coefficient (Wildman–Crippen LogP) is 3.46. The van der Waals surface area contributed by atoms with E-state index in [1.54, 1.807) is 29.3 Å². The molecular formula is C20H20N4O4. The number of benzene rings is 1. The van der Waals surface area contributed by atoms with Gasteiger partial charge in [-0.25, -0.2) is 9.78 Å². The van der Waals surface area contributed by atoms with Crippen molar-refractivity contribution in [1.29, 1.82) is 0 Å². The molecule has 4 rings (SSSR count). The van der Waals surface area contributed by atoms with Crippen molar-refractivity contribution < 1.29 is 19.1 Å². The lowest BCUT2D eigenvalue weighted by Crippen LogP contribution is -2.47. The van der Waals surface area contributed by atoms with Gasteiger partial charge in [-0.15, -0.1) is 0 Å². The van der Waals surface area contributed by atoms with Crippen LogP contribution in [0.15, 0.2) is 47.0 Å². The summed E-state index contributed by atoms with van der Waals surface area (Å²) >= 11 is 0. The number of rotatable bonds is 3. The number of anilines is 1. The standard InChI is InChI=1S/C20H20N4O4/c1-12-8-13(19(25)26)11-24(10-12)20(27)22-14-5-6-15-17(9-14)28-18(23-15)16-4-2-3-7-21-16/h2-7,9,12-13H,8,10-11H2,1H3,(H,22,27)(H,25,26). The highest BCUT2D eigenvalue weighted by Crippen LogP contribution is 2.26. The molecule has 0 spiro atoms. The third-order valence-corrected chi connectivity index (χ3v) is 4.82. The number of oxazole rings is 1. The van der Waals surface area contributed by atoms with Crippen LogP contribution in [-0.2, 0) is 4.79 Å². The molecule has 3 heterocycles. The summed E-state index contributed by atoms with van der Waals surface area (Å²) in [6.45, 7) is 2.69. The number of hydrogen-bond donors (Lipinski definition) is 2. The fraction of sp³-hybridized carbons (Fsp3) is 0.300. The average Bonchev–Trinajstić information content (AvgIpc) is 3.11. The smallest absolute Gasteiger partial charge is 0.321 e. The van der Waals surface area contributed by atoms with Gasteiger partial charge in [-0.2, -0.15) is 0 Å². The van der Waals surface area contributed by atoms with Gasteiger partial charge in [0.1, 0.15) is 11.2 Å². The molecule has 0 radical (unpaired) electrons. The van der Waals surface area contributed by atoms with Gasteiger partial charge in [0, 0.05) is 31.0 Å². The summed E-state index contributed by atoms with van der Waals surface area (Å²) in [5.41, 5.74) is 2.39. The van der Waals surface area contributed by atoms with Crippen molar-refractivity contribution >= 4 is 28.8 Å². The topological polar surface area (TPSA) is 109 Å². The first kappa shape index (κ1) is 18.0. The van der Waals surface area contributed by atoms with E-state index in [1.807, 2.05) is 25.1 Å². The lowest BCUT2D eigenvalue weighted by atomic mass is 9.91. The minimum atomic E-state index is -0.866. The van der Waals surface area contributed by atoms with Crippen LogP contribution in [0.5, 0.6) is 0 Å². The Bertz CT molecular complexity index is 1020. The quantitative estimate of drug-likeness (QED) is 0.720. The van der Waals surface area contributed by atoms with Crippen LogP contribution < -0.4 is 5.32 Å². The van der Waals surface area contributed by atoms with Crippen molar-refractivity contribution in [1.82, 2.24) is 14.9 Å². The second kappa shape index (κ2) is 7.30. The number of aliphatic carboxylic acids is 1. The van der Waals surface area contributed by atoms with Crippen LogP contribution in [-0.4, -0.2) is 45.1 Å². The number of nitrogens with one attached hydrogen (secondary N) is 1. The van der Waals surface area contributed by atoms with Crippen molar-refractivity contribution in [2.45, 2.75) is 13.3 Å². The third kappa shape index (κ3) is 3.66. The molecule has 1 fully saturated rings. The molecule has 2 amide bonds. The molecule has 1 aliphatic rings. The number of urea groups is 1. The molecule has 1 saturated heterocycles. The maximum Gasteiger partial charge on any atom is 0.321 e. The molecule has 2 atom stereocenters. The van der Waals surface area contributed by atoms with E-state index in [0.717, 1.165) is 0 Å². The van der Waals surface area contributed by atoms with E-state index in [0.29, 0.717) is 41.3 Å². The Kier molecular flexibility index (Phi) is 4.68. The van der Waals surface area contributed by atoms with Crippen LogP contribution in [0.4, 0.5) is 10.5 Å². The Morgan fingerprint density at radius 2 is 2.11 bits per heavy atom. The van der Waals surface area contributed by atoms with Crippen molar-refractivity contribution in [3.05, 3.63) is 42.6 Å². The zero-order valence-corrected chi connectivity index (χ0v) is 15.3. The molecule has 0 aliphatic carbocycles. The highest BCUT2D eigenvalue weighted by atomic mass is 16.4. The summed E-state index contributed by atoms with van der Waals surface area (Å²) in [6, 6.07) is 10.4. The Hall–Kier alpha value is -3.42. The molecule has 1 aliphatic heterocycles. The van der Waals surface area contributed by atoms with Crippen LogP contribution in [0.25, 0.3) is 22.7 Å². The van der Waals surface area contributed by atoms with Crippen LogP contribution >= 0.6 is 0 Å². The first-order valence-corrected chi connectivity index (χ1v) is 9.10. The predicted molar refractivity (Wildman–Crippen MR) is 103 cm³/mol. The first-order chi connectivity index (χ1) is 13.5. The molecule has 3 aromatic rings. The molecule has 0 bridgehead atoms. The third-order valence-electron chi connectivity index (χ3n) is 4.82. The average molecular weight is 380 g/mol. The Labute approximate surface area is 161 Å². The zero-order chi connectivity index (χ0) is 19.7. The number of carboxylic acids is 1. The van der Waals surface area contributed by atoms with E-state index < -0.39 is 11.9 Å². The highest BCUT2D eigenvalue weighted by molar-refractivity contribution is 5.92. The van der Waals surface area contributed by atoms with Crippen LogP contribution in [0.1, 0.15) is 13.3 Å². The van der Waals surface area contributed by atoms with Gasteiger partial charge in [0.15, 0.2) is 5.58 Å². The number of nitrogens with zero attached hydrogens (tertiary/aromatic N) is 3. The van der Waals surface area contributed by atoms with E-state index in [-0.39, 0.29) is 18.5 Å². The number of pyridine rings is 1. The molecule has 8 nitrogen and oxygen atoms in total. The summed E-state index contributed by atoms with van der Waals surface area (Å²) in [7, 11) is 0. The summed E-state index contributed by atoms with van der Waals surface area (Å²) in [5, 5.41) is 12.1. The number of likely N-dealkylation sites (tertiary alicyclic amines) is 1. The number of carbonyl (C=O) groups is 2. The van der Waals surface area contributed by atoms with Gasteiger partial charge in [-0.3, -0.25) is 9.78 Å². The maximum atomic E-state index is 12.6. The number of piperidine rings is 1. The zero-order valence-electron chi connectivity index (χ0n) is 15.3. The normalized spacial score (nSPS) is 19.5. The van der Waals surface area contributed by atoms with E-state index in [9.17, 15) is 14.7 Å². The maximum absolute atomic E-state index is 12.6. The Morgan fingerprint density at radius 1 is 1.25 bits per heavy atom. The van der Waals surface area contributed by atoms with E-state index in [2.05, 4.69) is 15.3 Å². The number of amides is 2. The number of fused-ring (bicyclic) bond motifs is 1. The lowest BCUT2D eigenvalue weighted by Gasteiger charge is -2.34. The molecule has 28 heavy (non-hydrogen) atoms. The molecule has 0 saturated carbocycles. The van der Waals surface area contributed by atoms with Crippen LogP contribution in [0.3, 0.4) is 0 Å². The molecule has 144 valence electrons. The molecule has 1 aromatic carbocycles. The molecule has 2 unspecified atom stereocenters. The van der Waals surface area contributed by atoms with E-state index >= 15 is 0 Å². The number of aromatic nitrogens is 2. The number of carboxylic acid groups (broad SMARTS) is 1. The Morgan fingerprint density at radius 3 is 2.86 bits per heavy atom. The SMILES string of the molecule is CC1CC(C(=O)O)CN(C(=O)Nc2ccc3nc(-c4ccccn4)oc3c2)C1. The van der Waals surface area contributed by atoms with Crippen LogP contribution in [0, 0.1) is 11.8 Å². The second-order valence-corrected chi connectivity index (χ2v) is 7.13. The fourth-order valence-corrected chi connectivity index (χ4v) is 3.50. The lowest BCUT2D eigenvalue weighted by molar-refractivity contribution is -0.143. The van der Waals surface area contributed by atoms with Gasteiger partial charge in [-0.1, -0.05) is 13.0 Å². The summed E-state index contributed by atoms with van der Waals surface area (Å²) in [4.78, 5) is 34.1. The largest absolute Gasteiger partial charge is 0.481 e. The summed E-state index contributed by atoms with van der Waals surface area (Å²) in [6.07, 6.45) is 2.25. The van der Waals surface area contributed by atoms with Gasteiger partial charge in [-0.05, 0) is 36.6 Å².